The third kappa shape index (κ3) is 4.07. The molecule has 32 heavy (non-hydrogen) atoms. The van der Waals surface area contributed by atoms with E-state index in [0.29, 0.717) is 27.0 Å². The average molecular weight is 576 g/mol. The molecule has 0 saturated carbocycles. The van der Waals surface area contributed by atoms with Gasteiger partial charge in [-0.15, -0.1) is 0 Å². The number of methoxy groups -OCH3 is 1. The molecule has 0 fully saturated rings. The first-order chi connectivity index (χ1) is 15.3. The summed E-state index contributed by atoms with van der Waals surface area (Å²) >= 11 is 8.46. The van der Waals surface area contributed by atoms with Gasteiger partial charge in [-0.2, -0.15) is 0 Å². The number of fused-ring (bicyclic) bond motifs is 1. The Morgan fingerprint density at radius 3 is 2.47 bits per heavy atom. The number of carbonyl (C=O) groups excluding carboxylic acids is 1. The molecule has 5 nitrogen and oxygen atoms in total. The summed E-state index contributed by atoms with van der Waals surface area (Å²) in [5.41, 5.74) is 3.66. The zero-order chi connectivity index (χ0) is 23.0. The van der Waals surface area contributed by atoms with E-state index in [4.69, 9.17) is 4.74 Å². The van der Waals surface area contributed by atoms with Crippen LogP contribution in [0.5, 0.6) is 0 Å². The van der Waals surface area contributed by atoms with Crippen LogP contribution in [0.15, 0.2) is 72.5 Å². The molecule has 1 aromatic heterocycles. The van der Waals surface area contributed by atoms with Gasteiger partial charge in [-0.25, -0.2) is 9.79 Å². The van der Waals surface area contributed by atoms with Crippen molar-refractivity contribution in [1.82, 2.24) is 4.57 Å². The van der Waals surface area contributed by atoms with E-state index >= 15 is 0 Å². The van der Waals surface area contributed by atoms with Gasteiger partial charge < -0.3 is 4.74 Å². The van der Waals surface area contributed by atoms with E-state index < -0.39 is 12.0 Å². The second kappa shape index (κ2) is 9.29. The van der Waals surface area contributed by atoms with Crippen molar-refractivity contribution in [3.63, 3.8) is 0 Å². The number of aromatic nitrogens is 1. The summed E-state index contributed by atoms with van der Waals surface area (Å²) in [6, 6.07) is 12.9. The molecular formula is C24H20Br2N2O3S. The smallest absolute Gasteiger partial charge is 0.338 e. The Morgan fingerprint density at radius 2 is 1.88 bits per heavy atom. The van der Waals surface area contributed by atoms with Gasteiger partial charge in [-0.05, 0) is 48.2 Å². The van der Waals surface area contributed by atoms with Gasteiger partial charge in [-0.1, -0.05) is 80.5 Å². The fourth-order valence-corrected chi connectivity index (χ4v) is 5.96. The van der Waals surface area contributed by atoms with E-state index in [-0.39, 0.29) is 5.56 Å². The molecule has 0 N–H and O–H groups in total. The Balaban J connectivity index is 2.00. The second-order valence-corrected chi connectivity index (χ2v) is 10.0. The highest BCUT2D eigenvalue weighted by Gasteiger charge is 2.33. The molecule has 0 aliphatic carbocycles. The molecule has 3 aromatic rings. The second-order valence-electron chi connectivity index (χ2n) is 7.31. The third-order valence-corrected chi connectivity index (χ3v) is 8.00. The maximum absolute atomic E-state index is 13.6. The van der Waals surface area contributed by atoms with E-state index in [2.05, 4.69) is 36.9 Å². The summed E-state index contributed by atoms with van der Waals surface area (Å²) in [4.78, 5) is 31.6. The number of allylic oxidation sites excluding steroid dienone is 1. The average Bonchev–Trinajstić information content (AvgIpc) is 3.10. The number of rotatable bonds is 4. The monoisotopic (exact) mass is 574 g/mol. The molecule has 1 atom stereocenters. The zero-order valence-corrected chi connectivity index (χ0v) is 21.7. The minimum absolute atomic E-state index is 0.188. The van der Waals surface area contributed by atoms with E-state index in [1.54, 1.807) is 4.57 Å². The Labute approximate surface area is 206 Å². The molecule has 0 unspecified atom stereocenters. The normalized spacial score (nSPS) is 16.0. The minimum atomic E-state index is -0.589. The lowest BCUT2D eigenvalue weighted by molar-refractivity contribution is -0.136. The van der Waals surface area contributed by atoms with Gasteiger partial charge in [0.15, 0.2) is 4.80 Å². The predicted octanol–water partition coefficient (Wildman–Crippen LogP) is 4.63. The minimum Gasteiger partial charge on any atom is -0.466 e. The Morgan fingerprint density at radius 1 is 1.22 bits per heavy atom. The number of esters is 1. The molecule has 2 heterocycles. The summed E-state index contributed by atoms with van der Waals surface area (Å²) in [6.45, 7) is 3.95. The molecule has 0 spiro atoms. The van der Waals surface area contributed by atoms with Crippen LogP contribution in [0, 0.1) is 6.92 Å². The van der Waals surface area contributed by atoms with E-state index in [1.807, 2.05) is 62.4 Å². The van der Waals surface area contributed by atoms with Crippen molar-refractivity contribution in [2.45, 2.75) is 26.3 Å². The van der Waals surface area contributed by atoms with Crippen LogP contribution < -0.4 is 14.9 Å². The molecular weight excluding hydrogens is 556 g/mol. The van der Waals surface area contributed by atoms with Crippen LogP contribution in [0.2, 0.25) is 0 Å². The number of nitrogens with zero attached hydrogens (tertiary/aromatic N) is 2. The highest BCUT2D eigenvalue weighted by Crippen LogP contribution is 2.32. The number of thiazole rings is 1. The quantitative estimate of drug-likeness (QED) is 0.426. The Hall–Kier alpha value is -2.29. The summed E-state index contributed by atoms with van der Waals surface area (Å²) in [6.07, 6.45) is 2.41. The molecule has 0 radical (unpaired) electrons. The first-order valence-electron chi connectivity index (χ1n) is 9.99. The Kier molecular flexibility index (Phi) is 6.65. The zero-order valence-electron chi connectivity index (χ0n) is 17.7. The van der Waals surface area contributed by atoms with Gasteiger partial charge in [0.1, 0.15) is 0 Å². The van der Waals surface area contributed by atoms with E-state index in [9.17, 15) is 9.59 Å². The van der Waals surface area contributed by atoms with Crippen LogP contribution in [0.1, 0.15) is 36.1 Å². The highest BCUT2D eigenvalue weighted by atomic mass is 79.9. The number of ether oxygens (including phenoxy) is 1. The third-order valence-electron chi connectivity index (χ3n) is 5.37. The van der Waals surface area contributed by atoms with Crippen LogP contribution in [0.3, 0.4) is 0 Å². The molecule has 164 valence electrons. The Bertz CT molecular complexity index is 1400. The van der Waals surface area contributed by atoms with Gasteiger partial charge in [-0.3, -0.25) is 9.36 Å². The van der Waals surface area contributed by atoms with Crippen LogP contribution in [-0.4, -0.2) is 17.6 Å². The molecule has 2 aromatic carbocycles. The number of halogens is 2. The van der Waals surface area contributed by atoms with E-state index in [1.165, 1.54) is 18.4 Å². The van der Waals surface area contributed by atoms with E-state index in [0.717, 1.165) is 25.6 Å². The molecule has 0 bridgehead atoms. The van der Waals surface area contributed by atoms with Crippen molar-refractivity contribution in [2.24, 2.45) is 4.99 Å². The van der Waals surface area contributed by atoms with Crippen LogP contribution in [-0.2, 0) is 9.53 Å². The fraction of sp³-hybridized carbons (Fsp3) is 0.208. The van der Waals surface area contributed by atoms with Crippen LogP contribution in [0.4, 0.5) is 0 Å². The lowest BCUT2D eigenvalue weighted by Crippen LogP contribution is -2.40. The topological polar surface area (TPSA) is 60.7 Å². The SMILES string of the molecule is CCC1=C(C(=O)OC)[C@H](c2ccccc2)n2c(s/c(=C/c3cc(Br)c(C)c(Br)c3)c2=O)=N1. The molecule has 8 heteroatoms. The number of benzene rings is 2. The van der Waals surface area contributed by atoms with Crippen molar-refractivity contribution in [3.05, 3.63) is 99.1 Å². The number of hydrogen-bond acceptors (Lipinski definition) is 5. The summed E-state index contributed by atoms with van der Waals surface area (Å²) in [5, 5.41) is 0. The molecule has 1 aliphatic rings. The van der Waals surface area contributed by atoms with Crippen molar-refractivity contribution in [3.8, 4) is 0 Å². The maximum Gasteiger partial charge on any atom is 0.338 e. The van der Waals surface area contributed by atoms with Crippen molar-refractivity contribution in [2.75, 3.05) is 7.11 Å². The number of carbonyl (C=O) groups is 1. The predicted molar refractivity (Wildman–Crippen MR) is 133 cm³/mol. The largest absolute Gasteiger partial charge is 0.466 e. The van der Waals surface area contributed by atoms with Crippen LogP contribution >= 0.6 is 43.2 Å². The van der Waals surface area contributed by atoms with Crippen LogP contribution in [0.25, 0.3) is 6.08 Å². The van der Waals surface area contributed by atoms with Gasteiger partial charge in [0.25, 0.3) is 5.56 Å². The maximum atomic E-state index is 13.6. The molecule has 0 saturated heterocycles. The summed E-state index contributed by atoms with van der Waals surface area (Å²) in [7, 11) is 1.35. The fourth-order valence-electron chi connectivity index (χ4n) is 3.71. The summed E-state index contributed by atoms with van der Waals surface area (Å²) in [5.74, 6) is -0.472. The summed E-state index contributed by atoms with van der Waals surface area (Å²) < 4.78 is 9.14. The van der Waals surface area contributed by atoms with Gasteiger partial charge in [0.2, 0.25) is 0 Å². The molecule has 1 aliphatic heterocycles. The lowest BCUT2D eigenvalue weighted by Gasteiger charge is -2.25. The van der Waals surface area contributed by atoms with Crippen molar-refractivity contribution in [1.29, 1.82) is 0 Å². The molecule has 0 amide bonds. The van der Waals surface area contributed by atoms with Gasteiger partial charge in [0, 0.05) is 8.95 Å². The first-order valence-corrected chi connectivity index (χ1v) is 12.4. The standard InChI is InChI=1S/C24H20Br2N2O3S/c1-4-18-20(23(30)31-3)21(15-8-6-5-7-9-15)28-22(29)19(32-24(28)27-18)12-14-10-16(25)13(2)17(26)11-14/h5-12,21H,4H2,1-3H3/b19-12+/t21-/m0/s1. The van der Waals surface area contributed by atoms with Crippen molar-refractivity contribution >= 4 is 55.2 Å². The van der Waals surface area contributed by atoms with Gasteiger partial charge in [0.05, 0.1) is 29.0 Å². The number of hydrogen-bond donors (Lipinski definition) is 0. The van der Waals surface area contributed by atoms with Gasteiger partial charge >= 0.3 is 5.97 Å². The highest BCUT2D eigenvalue weighted by molar-refractivity contribution is 9.11. The lowest BCUT2D eigenvalue weighted by atomic mass is 9.95. The first kappa shape index (κ1) is 22.9. The van der Waals surface area contributed by atoms with Crippen molar-refractivity contribution < 1.29 is 9.53 Å². The molecule has 4 rings (SSSR count).